The molecule has 0 aliphatic rings. The molecular formula is C13H14N6S. The number of nitrogens with one attached hydrogen (secondary N) is 1. The highest BCUT2D eigenvalue weighted by Crippen LogP contribution is 2.24. The van der Waals surface area contributed by atoms with Gasteiger partial charge in [0.15, 0.2) is 11.4 Å². The molecular weight excluding hydrogens is 272 g/mol. The summed E-state index contributed by atoms with van der Waals surface area (Å²) in [5.74, 6) is 0. The summed E-state index contributed by atoms with van der Waals surface area (Å²) in [5.41, 5.74) is 2.89. The van der Waals surface area contributed by atoms with Gasteiger partial charge in [-0.3, -0.25) is 9.88 Å². The summed E-state index contributed by atoms with van der Waals surface area (Å²) in [6.45, 7) is 2.07. The number of aryl methyl sites for hydroxylation is 1. The van der Waals surface area contributed by atoms with Gasteiger partial charge in [0.05, 0.1) is 11.4 Å². The van der Waals surface area contributed by atoms with Crippen molar-refractivity contribution in [2.45, 2.75) is 13.3 Å². The van der Waals surface area contributed by atoms with Crippen molar-refractivity contribution in [3.8, 4) is 11.9 Å². The molecule has 1 aromatic carbocycles. The van der Waals surface area contributed by atoms with E-state index in [1.54, 1.807) is 12.7 Å². The highest BCUT2D eigenvalue weighted by molar-refractivity contribution is 8.13. The van der Waals surface area contributed by atoms with E-state index in [4.69, 9.17) is 5.26 Å². The van der Waals surface area contributed by atoms with Crippen molar-refractivity contribution in [2.24, 2.45) is 4.99 Å². The second-order valence-corrected chi connectivity index (χ2v) is 4.69. The number of nitriles is 1. The van der Waals surface area contributed by atoms with Crippen LogP contribution in [0.5, 0.6) is 0 Å². The molecule has 1 N–H and O–H groups in total. The Morgan fingerprint density at radius 1 is 1.45 bits per heavy atom. The molecule has 20 heavy (non-hydrogen) atoms. The quantitative estimate of drug-likeness (QED) is 0.405. The van der Waals surface area contributed by atoms with Crippen LogP contribution < -0.4 is 5.32 Å². The van der Waals surface area contributed by atoms with E-state index in [1.807, 2.05) is 35.2 Å². The molecule has 0 fully saturated rings. The zero-order chi connectivity index (χ0) is 14.4. The van der Waals surface area contributed by atoms with Crippen LogP contribution in [0.1, 0.15) is 12.5 Å². The minimum Gasteiger partial charge on any atom is -0.288 e. The second-order valence-electron chi connectivity index (χ2n) is 3.89. The highest BCUT2D eigenvalue weighted by Gasteiger charge is 2.05. The smallest absolute Gasteiger partial charge is 0.183 e. The number of hydrogen-bond acceptors (Lipinski definition) is 5. The van der Waals surface area contributed by atoms with E-state index in [9.17, 15) is 0 Å². The van der Waals surface area contributed by atoms with Crippen molar-refractivity contribution < 1.29 is 0 Å². The van der Waals surface area contributed by atoms with E-state index < -0.39 is 0 Å². The second kappa shape index (κ2) is 6.73. The van der Waals surface area contributed by atoms with E-state index in [0.29, 0.717) is 5.17 Å². The monoisotopic (exact) mass is 286 g/mol. The Balaban J connectivity index is 2.44. The van der Waals surface area contributed by atoms with E-state index in [1.165, 1.54) is 11.8 Å². The van der Waals surface area contributed by atoms with Gasteiger partial charge in [-0.2, -0.15) is 5.26 Å². The standard InChI is InChI=1S/C13H14N6S/c1-3-10-4-5-11(19-8-16-17-9-19)6-12(10)18-13(20-2)15-7-14/h4-6,8-9H,3H2,1-2H3,(H,15,18). The maximum Gasteiger partial charge on any atom is 0.183 e. The van der Waals surface area contributed by atoms with Crippen LogP contribution in [-0.2, 0) is 6.42 Å². The summed E-state index contributed by atoms with van der Waals surface area (Å²) in [4.78, 5) is 4.50. The summed E-state index contributed by atoms with van der Waals surface area (Å²) in [6.07, 6.45) is 7.91. The number of amidine groups is 1. The fourth-order valence-electron chi connectivity index (χ4n) is 1.73. The van der Waals surface area contributed by atoms with Crippen molar-refractivity contribution in [2.75, 3.05) is 6.26 Å². The van der Waals surface area contributed by atoms with Crippen molar-refractivity contribution in [3.05, 3.63) is 36.4 Å². The van der Waals surface area contributed by atoms with Crippen molar-refractivity contribution in [1.29, 1.82) is 5.26 Å². The molecule has 0 amide bonds. The third kappa shape index (κ3) is 3.16. The van der Waals surface area contributed by atoms with Crippen molar-refractivity contribution in [1.82, 2.24) is 20.1 Å². The molecule has 0 aliphatic heterocycles. The molecule has 1 aromatic heterocycles. The number of hydrogen-bond donors (Lipinski definition) is 1. The lowest BCUT2D eigenvalue weighted by Crippen LogP contribution is -2.12. The van der Waals surface area contributed by atoms with Crippen LogP contribution in [0.4, 0.5) is 5.69 Å². The number of aromatic nitrogens is 3. The Morgan fingerprint density at radius 3 is 2.80 bits per heavy atom. The minimum absolute atomic E-state index is 0.572. The Labute approximate surface area is 121 Å². The molecule has 0 aliphatic carbocycles. The van der Waals surface area contributed by atoms with Gasteiger partial charge in [-0.15, -0.1) is 10.2 Å². The van der Waals surface area contributed by atoms with Gasteiger partial charge in [0.25, 0.3) is 0 Å². The van der Waals surface area contributed by atoms with Crippen LogP contribution in [0, 0.1) is 11.5 Å². The lowest BCUT2D eigenvalue weighted by molar-refractivity contribution is 1.04. The summed E-state index contributed by atoms with van der Waals surface area (Å²) in [7, 11) is 0. The van der Waals surface area contributed by atoms with Crippen LogP contribution in [0.2, 0.25) is 0 Å². The molecule has 0 bridgehead atoms. The third-order valence-corrected chi connectivity index (χ3v) is 3.32. The molecule has 1 heterocycles. The zero-order valence-electron chi connectivity index (χ0n) is 11.2. The van der Waals surface area contributed by atoms with Crippen molar-refractivity contribution >= 4 is 22.6 Å². The number of rotatable bonds is 3. The van der Waals surface area contributed by atoms with Crippen molar-refractivity contribution in [3.63, 3.8) is 0 Å². The molecule has 2 rings (SSSR count). The Bertz CT molecular complexity index is 641. The zero-order valence-corrected chi connectivity index (χ0v) is 12.1. The highest BCUT2D eigenvalue weighted by atomic mass is 32.2. The average Bonchev–Trinajstić information content (AvgIpc) is 3.01. The first kappa shape index (κ1) is 14.1. The summed E-state index contributed by atoms with van der Waals surface area (Å²) in [6, 6.07) is 5.98. The molecule has 6 nitrogen and oxygen atoms in total. The van der Waals surface area contributed by atoms with E-state index in [0.717, 1.165) is 23.4 Å². The number of nitrogens with zero attached hydrogens (tertiary/aromatic N) is 5. The maximum atomic E-state index is 8.70. The molecule has 0 saturated heterocycles. The van der Waals surface area contributed by atoms with Gasteiger partial charge in [-0.25, -0.2) is 4.99 Å². The maximum absolute atomic E-state index is 8.70. The Kier molecular flexibility index (Phi) is 4.74. The van der Waals surface area contributed by atoms with Crippen LogP contribution in [0.3, 0.4) is 0 Å². The summed E-state index contributed by atoms with van der Waals surface area (Å²) in [5, 5.41) is 19.4. The average molecular weight is 286 g/mol. The van der Waals surface area contributed by atoms with Gasteiger partial charge < -0.3 is 0 Å². The topological polar surface area (TPSA) is 78.9 Å². The third-order valence-electron chi connectivity index (χ3n) is 2.74. The molecule has 7 heteroatoms. The van der Waals surface area contributed by atoms with Gasteiger partial charge in [-0.05, 0) is 30.4 Å². The first-order valence-electron chi connectivity index (χ1n) is 6.04. The molecule has 102 valence electrons. The molecule has 0 saturated carbocycles. The normalized spacial score (nSPS) is 11.2. The lowest BCUT2D eigenvalue weighted by Gasteiger charge is -2.08. The predicted octanol–water partition coefficient (Wildman–Crippen LogP) is 2.25. The Hall–Kier alpha value is -2.33. The molecule has 0 radical (unpaired) electrons. The van der Waals surface area contributed by atoms with E-state index >= 15 is 0 Å². The first-order chi connectivity index (χ1) is 9.78. The number of aliphatic imine (C=N–C) groups is 1. The summed E-state index contributed by atoms with van der Waals surface area (Å²) < 4.78 is 1.81. The number of thioether (sulfide) groups is 1. The van der Waals surface area contributed by atoms with Crippen LogP contribution in [0.25, 0.3) is 5.69 Å². The molecule has 0 unspecified atom stereocenters. The van der Waals surface area contributed by atoms with Gasteiger partial charge in [0, 0.05) is 0 Å². The molecule has 0 spiro atoms. The largest absolute Gasteiger partial charge is 0.288 e. The van der Waals surface area contributed by atoms with Gasteiger partial charge in [-0.1, -0.05) is 24.8 Å². The predicted molar refractivity (Wildman–Crippen MR) is 80.1 cm³/mol. The SMILES string of the molecule is CCc1ccc(-n2cnnc2)cc1N=C(NC#N)SC. The molecule has 2 aromatic rings. The van der Waals surface area contributed by atoms with E-state index in [-0.39, 0.29) is 0 Å². The fourth-order valence-corrected chi connectivity index (χ4v) is 2.07. The Morgan fingerprint density at radius 2 is 2.20 bits per heavy atom. The van der Waals surface area contributed by atoms with Gasteiger partial charge in [0.1, 0.15) is 12.7 Å². The van der Waals surface area contributed by atoms with Gasteiger partial charge >= 0.3 is 0 Å². The number of benzene rings is 1. The minimum atomic E-state index is 0.572. The van der Waals surface area contributed by atoms with Crippen LogP contribution in [0.15, 0.2) is 35.8 Å². The fraction of sp³-hybridized carbons (Fsp3) is 0.231. The van der Waals surface area contributed by atoms with Crippen LogP contribution >= 0.6 is 11.8 Å². The van der Waals surface area contributed by atoms with Gasteiger partial charge in [0.2, 0.25) is 0 Å². The summed E-state index contributed by atoms with van der Waals surface area (Å²) >= 11 is 1.40. The lowest BCUT2D eigenvalue weighted by atomic mass is 10.1. The first-order valence-corrected chi connectivity index (χ1v) is 7.26. The van der Waals surface area contributed by atoms with E-state index in [2.05, 4.69) is 27.4 Å². The van der Waals surface area contributed by atoms with Crippen LogP contribution in [-0.4, -0.2) is 26.2 Å². The molecule has 0 atom stereocenters.